The van der Waals surface area contributed by atoms with E-state index in [9.17, 15) is 9.90 Å². The molecule has 0 spiro atoms. The smallest absolute Gasteiger partial charge is 0.240 e. The monoisotopic (exact) mass is 517 g/mol. The zero-order valence-electron chi connectivity index (χ0n) is 20.7. The molecule has 1 saturated carbocycles. The third-order valence-corrected chi connectivity index (χ3v) is 8.24. The van der Waals surface area contributed by atoms with E-state index in [-0.39, 0.29) is 22.5 Å². The summed E-state index contributed by atoms with van der Waals surface area (Å²) < 4.78 is 1.94. The van der Waals surface area contributed by atoms with Crippen molar-refractivity contribution >= 4 is 34.8 Å². The second-order valence-corrected chi connectivity index (χ2v) is 10.9. The highest BCUT2D eigenvalue weighted by Gasteiger charge is 2.47. The maximum atomic E-state index is 13.2. The number of aromatic hydroxyl groups is 1. The molecule has 4 aromatic rings. The lowest BCUT2D eigenvalue weighted by Gasteiger charge is -2.26. The molecule has 10 heteroatoms. The highest BCUT2D eigenvalue weighted by atomic mass is 35.5. The minimum atomic E-state index is -1.17. The van der Waals surface area contributed by atoms with Gasteiger partial charge in [0.05, 0.1) is 16.3 Å². The number of nitrogens with two attached hydrogens (primary N) is 1. The lowest BCUT2D eigenvalue weighted by molar-refractivity contribution is -0.119. The maximum absolute atomic E-state index is 13.2. The third-order valence-electron chi connectivity index (χ3n) is 7.94. The quantitative estimate of drug-likeness (QED) is 0.355. The predicted molar refractivity (Wildman–Crippen MR) is 141 cm³/mol. The highest BCUT2D eigenvalue weighted by molar-refractivity contribution is 6.32. The van der Waals surface area contributed by atoms with Gasteiger partial charge in [-0.1, -0.05) is 37.4 Å². The number of phenols is 1. The molecule has 0 radical (unpaired) electrons. The summed E-state index contributed by atoms with van der Waals surface area (Å²) in [4.78, 5) is 32.0. The molecule has 9 nitrogen and oxygen atoms in total. The van der Waals surface area contributed by atoms with Gasteiger partial charge in [-0.05, 0) is 55.7 Å². The average molecular weight is 518 g/mol. The molecule has 1 atom stereocenters. The first kappa shape index (κ1) is 23.7. The number of aromatic nitrogens is 5. The fourth-order valence-electron chi connectivity index (χ4n) is 5.66. The van der Waals surface area contributed by atoms with Crippen LogP contribution < -0.4 is 11.1 Å². The van der Waals surface area contributed by atoms with Gasteiger partial charge in [0, 0.05) is 18.6 Å². The maximum Gasteiger partial charge on any atom is 0.240 e. The Balaban J connectivity index is 1.41. The van der Waals surface area contributed by atoms with E-state index < -0.39 is 5.41 Å². The van der Waals surface area contributed by atoms with Crippen LogP contribution in [0.15, 0.2) is 36.8 Å². The fourth-order valence-corrected chi connectivity index (χ4v) is 5.84. The number of amides is 1. The van der Waals surface area contributed by atoms with Crippen molar-refractivity contribution in [3.63, 3.8) is 0 Å². The van der Waals surface area contributed by atoms with Crippen molar-refractivity contribution in [2.45, 2.75) is 51.4 Å². The summed E-state index contributed by atoms with van der Waals surface area (Å²) in [7, 11) is 0. The summed E-state index contributed by atoms with van der Waals surface area (Å²) in [6.07, 6.45) is 11.2. The lowest BCUT2D eigenvalue weighted by atomic mass is 9.77. The molecule has 0 bridgehead atoms. The Kier molecular flexibility index (Phi) is 5.56. The van der Waals surface area contributed by atoms with Crippen LogP contribution in [-0.2, 0) is 16.6 Å². The molecule has 37 heavy (non-hydrogen) atoms. The van der Waals surface area contributed by atoms with Gasteiger partial charge in [-0.25, -0.2) is 19.9 Å². The molecule has 3 aromatic heterocycles. The SMILES string of the molecule is C[C@]1(c2ccc(O)c(Cl)c2)C(=O)Nc2nc(-c3cn4ccnc4c(C[C@H]4CC[C@@H](C)CC4)n3)nc(N)c21. The number of rotatable bonds is 4. The molecule has 4 heterocycles. The van der Waals surface area contributed by atoms with Crippen molar-refractivity contribution in [3.05, 3.63) is 58.6 Å². The summed E-state index contributed by atoms with van der Waals surface area (Å²) in [5, 5.41) is 12.9. The van der Waals surface area contributed by atoms with E-state index in [1.54, 1.807) is 25.3 Å². The molecule has 1 fully saturated rings. The standard InChI is InChI=1S/C27H28ClN7O2/c1-14-3-5-15(6-4-14)11-18-25-30-9-10-35(25)13-19(31-18)23-32-22(29)21-24(33-23)34-26(37)27(21,2)16-7-8-20(36)17(28)12-16/h7-10,12-15,36H,3-6,11H2,1-2H3,(H3,29,32,33,34,37)/t14-,15+,27-/m1/s1. The molecule has 190 valence electrons. The van der Waals surface area contributed by atoms with Crippen molar-refractivity contribution in [2.24, 2.45) is 11.8 Å². The average Bonchev–Trinajstić information content (AvgIpc) is 3.45. The van der Waals surface area contributed by atoms with Gasteiger partial charge in [-0.2, -0.15) is 0 Å². The van der Waals surface area contributed by atoms with Crippen molar-refractivity contribution in [3.8, 4) is 17.3 Å². The highest BCUT2D eigenvalue weighted by Crippen LogP contribution is 2.46. The fraction of sp³-hybridized carbons (Fsp3) is 0.370. The molecule has 1 amide bonds. The molecular weight excluding hydrogens is 490 g/mol. The minimum absolute atomic E-state index is 0.0632. The summed E-state index contributed by atoms with van der Waals surface area (Å²) >= 11 is 6.14. The number of halogens is 1. The Morgan fingerprint density at radius 2 is 2.00 bits per heavy atom. The molecular formula is C27H28ClN7O2. The Morgan fingerprint density at radius 1 is 1.22 bits per heavy atom. The number of benzene rings is 1. The van der Waals surface area contributed by atoms with Gasteiger partial charge >= 0.3 is 0 Å². The van der Waals surface area contributed by atoms with Crippen LogP contribution in [0.1, 0.15) is 56.4 Å². The molecule has 2 aliphatic rings. The van der Waals surface area contributed by atoms with Crippen LogP contribution in [0.5, 0.6) is 5.75 Å². The van der Waals surface area contributed by atoms with Crippen LogP contribution >= 0.6 is 11.6 Å². The van der Waals surface area contributed by atoms with Crippen molar-refractivity contribution in [1.82, 2.24) is 24.3 Å². The summed E-state index contributed by atoms with van der Waals surface area (Å²) in [5.74, 6) is 1.85. The van der Waals surface area contributed by atoms with Gasteiger partial charge in [0.25, 0.3) is 0 Å². The number of carbonyl (C=O) groups is 1. The molecule has 1 aliphatic carbocycles. The number of carbonyl (C=O) groups excluding carboxylic acids is 1. The molecule has 6 rings (SSSR count). The zero-order chi connectivity index (χ0) is 25.9. The number of phenolic OH excluding ortho intramolecular Hbond substituents is 1. The van der Waals surface area contributed by atoms with Gasteiger partial charge in [0.15, 0.2) is 11.5 Å². The lowest BCUT2D eigenvalue weighted by Crippen LogP contribution is -2.33. The number of nitrogen functional groups attached to an aromatic ring is 1. The number of nitrogens with one attached hydrogen (secondary N) is 1. The number of hydrogen-bond acceptors (Lipinski definition) is 7. The largest absolute Gasteiger partial charge is 0.506 e. The molecule has 4 N–H and O–H groups in total. The van der Waals surface area contributed by atoms with E-state index in [4.69, 9.17) is 22.3 Å². The van der Waals surface area contributed by atoms with Crippen LogP contribution in [-0.4, -0.2) is 35.4 Å². The predicted octanol–water partition coefficient (Wildman–Crippen LogP) is 4.75. The summed E-state index contributed by atoms with van der Waals surface area (Å²) in [5.41, 5.74) is 8.68. The van der Waals surface area contributed by atoms with Crippen molar-refractivity contribution in [1.29, 1.82) is 0 Å². The Bertz CT molecular complexity index is 1540. The van der Waals surface area contributed by atoms with E-state index in [2.05, 4.69) is 27.2 Å². The van der Waals surface area contributed by atoms with Crippen LogP contribution in [0.3, 0.4) is 0 Å². The Labute approximate surface area is 219 Å². The zero-order valence-corrected chi connectivity index (χ0v) is 21.5. The first-order valence-electron chi connectivity index (χ1n) is 12.6. The van der Waals surface area contributed by atoms with Crippen LogP contribution in [0, 0.1) is 11.8 Å². The van der Waals surface area contributed by atoms with E-state index >= 15 is 0 Å². The third kappa shape index (κ3) is 3.89. The second kappa shape index (κ2) is 8.69. The molecule has 1 aromatic carbocycles. The number of imidazole rings is 1. The van der Waals surface area contributed by atoms with Crippen molar-refractivity contribution in [2.75, 3.05) is 11.1 Å². The Hall–Kier alpha value is -3.72. The molecule has 1 aliphatic heterocycles. The number of anilines is 2. The van der Waals surface area contributed by atoms with E-state index in [1.165, 1.54) is 31.7 Å². The van der Waals surface area contributed by atoms with E-state index in [0.717, 1.165) is 23.7 Å². The number of hydrogen-bond donors (Lipinski definition) is 3. The van der Waals surface area contributed by atoms with Crippen LogP contribution in [0.25, 0.3) is 17.2 Å². The topological polar surface area (TPSA) is 131 Å². The number of nitrogens with zero attached hydrogens (tertiary/aromatic N) is 5. The molecule has 0 unspecified atom stereocenters. The van der Waals surface area contributed by atoms with Gasteiger partial charge in [-0.3, -0.25) is 4.79 Å². The van der Waals surface area contributed by atoms with Crippen LogP contribution in [0.2, 0.25) is 5.02 Å². The van der Waals surface area contributed by atoms with Crippen molar-refractivity contribution < 1.29 is 9.90 Å². The number of fused-ring (bicyclic) bond motifs is 2. The van der Waals surface area contributed by atoms with Crippen LogP contribution in [0.4, 0.5) is 11.6 Å². The summed E-state index contributed by atoms with van der Waals surface area (Å²) in [6, 6.07) is 4.67. The first-order chi connectivity index (χ1) is 17.7. The van der Waals surface area contributed by atoms with Gasteiger partial charge in [0.1, 0.15) is 28.5 Å². The minimum Gasteiger partial charge on any atom is -0.506 e. The Morgan fingerprint density at radius 3 is 2.76 bits per heavy atom. The van der Waals surface area contributed by atoms with Gasteiger partial charge < -0.3 is 20.6 Å². The summed E-state index contributed by atoms with van der Waals surface area (Å²) in [6.45, 7) is 4.06. The normalized spacial score (nSPS) is 23.3. The molecule has 0 saturated heterocycles. The second-order valence-electron chi connectivity index (χ2n) is 10.5. The van der Waals surface area contributed by atoms with E-state index in [1.807, 2.05) is 16.8 Å². The van der Waals surface area contributed by atoms with Gasteiger partial charge in [0.2, 0.25) is 5.91 Å². The van der Waals surface area contributed by atoms with E-state index in [0.29, 0.717) is 34.4 Å². The van der Waals surface area contributed by atoms with Gasteiger partial charge in [-0.15, -0.1) is 0 Å². The first-order valence-corrected chi connectivity index (χ1v) is 12.9.